The molecule has 3 nitrogen and oxygen atoms in total. The van der Waals surface area contributed by atoms with Crippen LogP contribution in [0, 0.1) is 5.92 Å². The lowest BCUT2D eigenvalue weighted by atomic mass is 9.96. The van der Waals surface area contributed by atoms with Gasteiger partial charge >= 0.3 is 0 Å². The molecule has 2 N–H and O–H groups in total. The van der Waals surface area contributed by atoms with Crippen LogP contribution in [0.1, 0.15) is 53.4 Å². The molecule has 0 saturated carbocycles. The molecule has 1 aromatic rings. The summed E-state index contributed by atoms with van der Waals surface area (Å²) in [5.74, 6) is 0.167. The average Bonchev–Trinajstić information content (AvgIpc) is 2.47. The average molecular weight is 338 g/mol. The van der Waals surface area contributed by atoms with E-state index in [-0.39, 0.29) is 17.4 Å². The topological polar surface area (TPSA) is 49.3 Å². The smallest absolute Gasteiger partial charge is 0.226 e. The third kappa shape index (κ3) is 8.42. The monoisotopic (exact) mass is 337 g/mol. The third-order valence-corrected chi connectivity index (χ3v) is 4.71. The molecule has 0 heterocycles. The van der Waals surface area contributed by atoms with Gasteiger partial charge in [-0.1, -0.05) is 44.4 Å². The van der Waals surface area contributed by atoms with Crippen LogP contribution >= 0.6 is 11.8 Å². The maximum Gasteiger partial charge on any atom is 0.226 e. The quantitative estimate of drug-likeness (QED) is 0.523. The van der Waals surface area contributed by atoms with Crippen molar-refractivity contribution in [3.63, 3.8) is 0 Å². The molecule has 0 saturated heterocycles. The van der Waals surface area contributed by atoms with E-state index in [0.29, 0.717) is 12.2 Å². The van der Waals surface area contributed by atoms with E-state index in [0.717, 1.165) is 24.2 Å². The Hall–Kier alpha value is -1.00. The van der Waals surface area contributed by atoms with Crippen molar-refractivity contribution < 1.29 is 9.90 Å². The van der Waals surface area contributed by atoms with Gasteiger partial charge in [0.05, 0.1) is 12.0 Å². The Morgan fingerprint density at radius 1 is 1.22 bits per heavy atom. The molecule has 0 aliphatic carbocycles. The van der Waals surface area contributed by atoms with Crippen LogP contribution in [0.25, 0.3) is 0 Å². The standard InChI is InChI=1S/C19H31NO2S/c1-5-6-8-13-17(21)16(18(22)20-19(2,3)4)14-23-15-11-9-7-10-12-15/h7,9-12,16-17,21H,5-6,8,13-14H2,1-4H3,(H,20,22). The summed E-state index contributed by atoms with van der Waals surface area (Å²) >= 11 is 1.63. The fraction of sp³-hybridized carbons (Fsp3) is 0.632. The first-order chi connectivity index (χ1) is 10.8. The lowest BCUT2D eigenvalue weighted by Gasteiger charge is -2.27. The number of aliphatic hydroxyl groups is 1. The molecule has 0 aromatic heterocycles. The highest BCUT2D eigenvalue weighted by molar-refractivity contribution is 7.99. The first kappa shape index (κ1) is 20.0. The number of carbonyl (C=O) groups excluding carboxylic acids is 1. The summed E-state index contributed by atoms with van der Waals surface area (Å²) in [6.07, 6.45) is 3.28. The predicted molar refractivity (Wildman–Crippen MR) is 98.7 cm³/mol. The number of benzene rings is 1. The molecule has 0 bridgehead atoms. The van der Waals surface area contributed by atoms with Crippen molar-refractivity contribution in [2.75, 3.05) is 5.75 Å². The van der Waals surface area contributed by atoms with Gasteiger partial charge in [0.2, 0.25) is 5.91 Å². The zero-order valence-electron chi connectivity index (χ0n) is 14.8. The highest BCUT2D eigenvalue weighted by Gasteiger charge is 2.29. The van der Waals surface area contributed by atoms with Crippen LogP contribution in [0.5, 0.6) is 0 Å². The molecular formula is C19H31NO2S. The Morgan fingerprint density at radius 2 is 1.87 bits per heavy atom. The largest absolute Gasteiger partial charge is 0.392 e. The molecule has 2 atom stereocenters. The Balaban J connectivity index is 2.68. The van der Waals surface area contributed by atoms with Crippen molar-refractivity contribution in [3.05, 3.63) is 30.3 Å². The summed E-state index contributed by atoms with van der Waals surface area (Å²) in [7, 11) is 0. The summed E-state index contributed by atoms with van der Waals surface area (Å²) in [5, 5.41) is 13.5. The molecule has 0 aliphatic heterocycles. The van der Waals surface area contributed by atoms with Crippen LogP contribution < -0.4 is 5.32 Å². The predicted octanol–water partition coefficient (Wildman–Crippen LogP) is 4.25. The minimum absolute atomic E-state index is 0.0510. The number of unbranched alkanes of at least 4 members (excludes halogenated alkanes) is 2. The van der Waals surface area contributed by atoms with Crippen LogP contribution in [0.15, 0.2) is 35.2 Å². The van der Waals surface area contributed by atoms with Gasteiger partial charge in [-0.25, -0.2) is 0 Å². The van der Waals surface area contributed by atoms with E-state index in [1.807, 2.05) is 51.1 Å². The number of nitrogens with one attached hydrogen (secondary N) is 1. The Bertz CT molecular complexity index is 456. The summed E-state index contributed by atoms with van der Waals surface area (Å²) in [5.41, 5.74) is -0.282. The normalized spacial score (nSPS) is 14.3. The number of carbonyl (C=O) groups is 1. The highest BCUT2D eigenvalue weighted by atomic mass is 32.2. The fourth-order valence-electron chi connectivity index (χ4n) is 2.33. The third-order valence-electron chi connectivity index (χ3n) is 3.58. The molecule has 0 fully saturated rings. The van der Waals surface area contributed by atoms with E-state index in [1.165, 1.54) is 0 Å². The SMILES string of the molecule is CCCCCC(O)C(CSc1ccccc1)C(=O)NC(C)(C)C. The number of amides is 1. The molecule has 0 aliphatic rings. The van der Waals surface area contributed by atoms with Crippen LogP contribution in [0.2, 0.25) is 0 Å². The van der Waals surface area contributed by atoms with Crippen LogP contribution in [-0.4, -0.2) is 28.4 Å². The van der Waals surface area contributed by atoms with Gasteiger partial charge in [-0.2, -0.15) is 0 Å². The number of hydrogen-bond donors (Lipinski definition) is 2. The summed E-state index contributed by atoms with van der Waals surface area (Å²) in [4.78, 5) is 13.7. The van der Waals surface area contributed by atoms with E-state index < -0.39 is 6.10 Å². The molecule has 1 amide bonds. The zero-order chi connectivity index (χ0) is 17.3. The van der Waals surface area contributed by atoms with Crippen molar-refractivity contribution in [1.82, 2.24) is 5.32 Å². The van der Waals surface area contributed by atoms with Crippen molar-refractivity contribution in [2.24, 2.45) is 5.92 Å². The minimum Gasteiger partial charge on any atom is -0.392 e. The first-order valence-corrected chi connectivity index (χ1v) is 9.50. The molecule has 1 rings (SSSR count). The second-order valence-corrected chi connectivity index (χ2v) is 8.13. The van der Waals surface area contributed by atoms with Gasteiger partial charge in [-0.05, 0) is 39.3 Å². The van der Waals surface area contributed by atoms with E-state index in [1.54, 1.807) is 11.8 Å². The van der Waals surface area contributed by atoms with E-state index in [9.17, 15) is 9.90 Å². The minimum atomic E-state index is -0.583. The van der Waals surface area contributed by atoms with Crippen molar-refractivity contribution in [2.45, 2.75) is 69.9 Å². The molecule has 130 valence electrons. The Kier molecular flexibility index (Phi) is 8.71. The fourth-order valence-corrected chi connectivity index (χ4v) is 3.43. The van der Waals surface area contributed by atoms with E-state index >= 15 is 0 Å². The molecule has 1 aromatic carbocycles. The maximum absolute atomic E-state index is 12.6. The zero-order valence-corrected chi connectivity index (χ0v) is 15.7. The van der Waals surface area contributed by atoms with Crippen LogP contribution in [0.3, 0.4) is 0 Å². The molecule has 23 heavy (non-hydrogen) atoms. The lowest BCUT2D eigenvalue weighted by molar-refractivity contribution is -0.129. The number of thioether (sulfide) groups is 1. The van der Waals surface area contributed by atoms with Gasteiger partial charge in [0.25, 0.3) is 0 Å². The molecule has 4 heteroatoms. The number of aliphatic hydroxyl groups excluding tert-OH is 1. The van der Waals surface area contributed by atoms with Crippen molar-refractivity contribution in [3.8, 4) is 0 Å². The van der Waals surface area contributed by atoms with Gasteiger partial charge in [0, 0.05) is 16.2 Å². The van der Waals surface area contributed by atoms with Gasteiger partial charge in [0.15, 0.2) is 0 Å². The Morgan fingerprint density at radius 3 is 2.43 bits per heavy atom. The van der Waals surface area contributed by atoms with Crippen LogP contribution in [0.4, 0.5) is 0 Å². The van der Waals surface area contributed by atoms with Gasteiger partial charge in [-0.15, -0.1) is 11.8 Å². The second kappa shape index (κ2) is 9.99. The van der Waals surface area contributed by atoms with Gasteiger partial charge in [0.1, 0.15) is 0 Å². The number of hydrogen-bond acceptors (Lipinski definition) is 3. The molecule has 0 radical (unpaired) electrons. The van der Waals surface area contributed by atoms with E-state index in [4.69, 9.17) is 0 Å². The van der Waals surface area contributed by atoms with Crippen LogP contribution in [-0.2, 0) is 4.79 Å². The molecular weight excluding hydrogens is 306 g/mol. The first-order valence-electron chi connectivity index (χ1n) is 8.51. The van der Waals surface area contributed by atoms with Crippen molar-refractivity contribution in [1.29, 1.82) is 0 Å². The molecule has 0 spiro atoms. The Labute approximate surface area is 145 Å². The molecule has 2 unspecified atom stereocenters. The highest BCUT2D eigenvalue weighted by Crippen LogP contribution is 2.24. The van der Waals surface area contributed by atoms with Gasteiger partial charge in [-0.3, -0.25) is 4.79 Å². The lowest BCUT2D eigenvalue weighted by Crippen LogP contribution is -2.47. The summed E-state index contributed by atoms with van der Waals surface area (Å²) < 4.78 is 0. The summed E-state index contributed by atoms with van der Waals surface area (Å²) in [6, 6.07) is 10.0. The number of rotatable bonds is 9. The maximum atomic E-state index is 12.6. The second-order valence-electron chi connectivity index (χ2n) is 7.03. The van der Waals surface area contributed by atoms with Gasteiger partial charge < -0.3 is 10.4 Å². The summed E-state index contributed by atoms with van der Waals surface area (Å²) in [6.45, 7) is 8.04. The van der Waals surface area contributed by atoms with Crippen molar-refractivity contribution >= 4 is 17.7 Å². The van der Waals surface area contributed by atoms with E-state index in [2.05, 4.69) is 12.2 Å².